The molecule has 0 aliphatic carbocycles. The molecule has 1 aliphatic heterocycles. The van der Waals surface area contributed by atoms with E-state index in [0.29, 0.717) is 47.9 Å². The van der Waals surface area contributed by atoms with Gasteiger partial charge in [-0.15, -0.1) is 0 Å². The number of non-ortho nitro benzene ring substituents is 1. The van der Waals surface area contributed by atoms with E-state index in [1.54, 1.807) is 24.1 Å². The van der Waals surface area contributed by atoms with Crippen molar-refractivity contribution in [3.05, 3.63) is 87.0 Å². The van der Waals surface area contributed by atoms with E-state index in [1.165, 1.54) is 19.2 Å². The van der Waals surface area contributed by atoms with Gasteiger partial charge in [0.25, 0.3) is 11.6 Å². The molecule has 0 bridgehead atoms. The second-order valence-electron chi connectivity index (χ2n) is 8.31. The summed E-state index contributed by atoms with van der Waals surface area (Å²) in [4.78, 5) is 30.2. The van der Waals surface area contributed by atoms with Crippen LogP contribution >= 0.6 is 0 Å². The van der Waals surface area contributed by atoms with Crippen LogP contribution in [0.2, 0.25) is 0 Å². The molecule has 3 aromatic rings. The molecule has 0 radical (unpaired) electrons. The summed E-state index contributed by atoms with van der Waals surface area (Å²) < 4.78 is 16.6. The molecule has 0 N–H and O–H groups in total. The van der Waals surface area contributed by atoms with Gasteiger partial charge in [-0.25, -0.2) is 0 Å². The number of carbonyl (C=O) groups is 1. The molecule has 4 rings (SSSR count). The Bertz CT molecular complexity index is 1310. The van der Waals surface area contributed by atoms with Gasteiger partial charge < -0.3 is 19.1 Å². The number of amides is 1. The van der Waals surface area contributed by atoms with E-state index in [4.69, 9.17) is 14.2 Å². The normalized spacial score (nSPS) is 12.2. The molecule has 9 nitrogen and oxygen atoms in total. The van der Waals surface area contributed by atoms with Gasteiger partial charge in [0.1, 0.15) is 6.61 Å². The highest BCUT2D eigenvalue weighted by molar-refractivity contribution is 6.10. The molecule has 0 aromatic heterocycles. The van der Waals surface area contributed by atoms with E-state index >= 15 is 0 Å². The number of nitro groups is 1. The number of carbonyl (C=O) groups excluding carboxylic acids is 1. The molecular weight excluding hydrogens is 462 g/mol. The quantitative estimate of drug-likeness (QED) is 0.228. The maximum absolute atomic E-state index is 13.4. The minimum absolute atomic E-state index is 0.0190. The number of rotatable bonds is 10. The van der Waals surface area contributed by atoms with Crippen LogP contribution in [0, 0.1) is 10.1 Å². The first-order valence-electron chi connectivity index (χ1n) is 11.4. The van der Waals surface area contributed by atoms with Gasteiger partial charge in [0.05, 0.1) is 29.9 Å². The number of para-hydroxylation sites is 1. The van der Waals surface area contributed by atoms with Gasteiger partial charge in [0, 0.05) is 37.5 Å². The summed E-state index contributed by atoms with van der Waals surface area (Å²) >= 11 is 0. The molecule has 0 saturated heterocycles. The predicted molar refractivity (Wildman–Crippen MR) is 137 cm³/mol. The summed E-state index contributed by atoms with van der Waals surface area (Å²) in [6, 6.07) is 15.8. The van der Waals surface area contributed by atoms with Crippen molar-refractivity contribution >= 4 is 29.7 Å². The van der Waals surface area contributed by atoms with Crippen molar-refractivity contribution in [1.29, 1.82) is 0 Å². The first-order chi connectivity index (χ1) is 17.4. The second-order valence-corrected chi connectivity index (χ2v) is 8.31. The lowest BCUT2D eigenvalue weighted by Gasteiger charge is -2.20. The zero-order valence-corrected chi connectivity index (χ0v) is 20.2. The number of fused-ring (bicyclic) bond motifs is 1. The standard InChI is InChI=1S/C27H27N3O6/c1-28-23-16-26(36-17-19-12-18(9-11-34-2)13-21(14-19)30(32)33)25(35-3)15-22(23)27(31)29-10-8-20-6-4-5-7-24(20)29/h4-7,12-16H,1,8-11,17H2,2-3H3. The van der Waals surface area contributed by atoms with Gasteiger partial charge in [-0.05, 0) is 48.4 Å². The third kappa shape index (κ3) is 5.21. The van der Waals surface area contributed by atoms with Crippen LogP contribution in [0.5, 0.6) is 11.5 Å². The lowest BCUT2D eigenvalue weighted by Crippen LogP contribution is -2.29. The Morgan fingerprint density at radius 1 is 1.11 bits per heavy atom. The van der Waals surface area contributed by atoms with E-state index in [9.17, 15) is 14.9 Å². The number of hydrogen-bond acceptors (Lipinski definition) is 7. The molecule has 1 amide bonds. The number of methoxy groups -OCH3 is 2. The van der Waals surface area contributed by atoms with E-state index in [0.717, 1.165) is 23.2 Å². The van der Waals surface area contributed by atoms with Gasteiger partial charge in [0.15, 0.2) is 11.5 Å². The summed E-state index contributed by atoms with van der Waals surface area (Å²) in [6.45, 7) is 4.71. The minimum Gasteiger partial charge on any atom is -0.493 e. The van der Waals surface area contributed by atoms with Gasteiger partial charge >= 0.3 is 0 Å². The summed E-state index contributed by atoms with van der Waals surface area (Å²) in [6.07, 6.45) is 1.32. The predicted octanol–water partition coefficient (Wildman–Crippen LogP) is 4.91. The monoisotopic (exact) mass is 489 g/mol. The average Bonchev–Trinajstić information content (AvgIpc) is 3.34. The molecule has 3 aromatic carbocycles. The molecule has 9 heteroatoms. The fraction of sp³-hybridized carbons (Fsp3) is 0.259. The fourth-order valence-corrected chi connectivity index (χ4v) is 4.28. The molecule has 36 heavy (non-hydrogen) atoms. The van der Waals surface area contributed by atoms with Crippen LogP contribution in [0.1, 0.15) is 27.0 Å². The number of benzene rings is 3. The fourth-order valence-electron chi connectivity index (χ4n) is 4.28. The Hall–Kier alpha value is -4.24. The molecule has 1 aliphatic rings. The largest absolute Gasteiger partial charge is 0.493 e. The first-order valence-corrected chi connectivity index (χ1v) is 11.4. The SMILES string of the molecule is C=Nc1cc(OCc2cc(CCOC)cc([N+](=O)[O-])c2)c(OC)cc1C(=O)N1CCc2ccccc21. The van der Waals surface area contributed by atoms with Crippen LogP contribution in [0.15, 0.2) is 59.6 Å². The number of nitro benzene ring substituents is 1. The third-order valence-electron chi connectivity index (χ3n) is 6.05. The number of anilines is 1. The van der Waals surface area contributed by atoms with Gasteiger partial charge in [-0.1, -0.05) is 24.3 Å². The Labute approximate surface area is 209 Å². The van der Waals surface area contributed by atoms with E-state index in [-0.39, 0.29) is 18.2 Å². The molecule has 186 valence electrons. The lowest BCUT2D eigenvalue weighted by molar-refractivity contribution is -0.385. The number of hydrogen-bond donors (Lipinski definition) is 0. The van der Waals surface area contributed by atoms with Gasteiger partial charge in [-0.3, -0.25) is 19.9 Å². The summed E-state index contributed by atoms with van der Waals surface area (Å²) in [5.74, 6) is 0.500. The van der Waals surface area contributed by atoms with Crippen molar-refractivity contribution in [2.45, 2.75) is 19.4 Å². The van der Waals surface area contributed by atoms with Crippen molar-refractivity contribution < 1.29 is 23.9 Å². The van der Waals surface area contributed by atoms with Crippen LogP contribution in [-0.4, -0.2) is 44.9 Å². The average molecular weight is 490 g/mol. The van der Waals surface area contributed by atoms with Crippen molar-refractivity contribution in [2.24, 2.45) is 4.99 Å². The van der Waals surface area contributed by atoms with Crippen molar-refractivity contribution in [2.75, 3.05) is 32.3 Å². The summed E-state index contributed by atoms with van der Waals surface area (Å²) in [5, 5.41) is 11.4. The summed E-state index contributed by atoms with van der Waals surface area (Å²) in [7, 11) is 3.06. The van der Waals surface area contributed by atoms with Gasteiger partial charge in [-0.2, -0.15) is 0 Å². The lowest BCUT2D eigenvalue weighted by atomic mass is 10.1. The number of aliphatic imine (C=N–C) groups is 1. The van der Waals surface area contributed by atoms with Crippen LogP contribution < -0.4 is 14.4 Å². The molecule has 0 spiro atoms. The van der Waals surface area contributed by atoms with Gasteiger partial charge in [0.2, 0.25) is 0 Å². The number of ether oxygens (including phenoxy) is 3. The highest BCUT2D eigenvalue weighted by atomic mass is 16.6. The van der Waals surface area contributed by atoms with E-state index in [2.05, 4.69) is 11.7 Å². The van der Waals surface area contributed by atoms with Crippen molar-refractivity contribution in [3.8, 4) is 11.5 Å². The van der Waals surface area contributed by atoms with Crippen molar-refractivity contribution in [3.63, 3.8) is 0 Å². The van der Waals surface area contributed by atoms with Crippen LogP contribution in [0.3, 0.4) is 0 Å². The molecular formula is C27H27N3O6. The Kier molecular flexibility index (Phi) is 7.60. The zero-order chi connectivity index (χ0) is 25.7. The topological polar surface area (TPSA) is 103 Å². The van der Waals surface area contributed by atoms with E-state index in [1.807, 2.05) is 30.3 Å². The van der Waals surface area contributed by atoms with Crippen LogP contribution in [0.25, 0.3) is 0 Å². The first kappa shape index (κ1) is 24.9. The smallest absolute Gasteiger partial charge is 0.270 e. The highest BCUT2D eigenvalue weighted by Crippen LogP contribution is 2.38. The van der Waals surface area contributed by atoms with Crippen LogP contribution in [-0.2, 0) is 24.2 Å². The highest BCUT2D eigenvalue weighted by Gasteiger charge is 2.28. The molecule has 0 atom stereocenters. The Balaban J connectivity index is 1.60. The maximum Gasteiger partial charge on any atom is 0.270 e. The third-order valence-corrected chi connectivity index (χ3v) is 6.05. The summed E-state index contributed by atoms with van der Waals surface area (Å²) in [5.41, 5.74) is 4.09. The zero-order valence-electron chi connectivity index (χ0n) is 20.2. The molecule has 1 heterocycles. The van der Waals surface area contributed by atoms with Crippen LogP contribution in [0.4, 0.5) is 17.1 Å². The van der Waals surface area contributed by atoms with E-state index < -0.39 is 4.92 Å². The minimum atomic E-state index is -0.433. The molecule has 0 fully saturated rings. The molecule has 0 saturated carbocycles. The second kappa shape index (κ2) is 11.0. The number of nitrogens with zero attached hydrogens (tertiary/aromatic N) is 3. The Morgan fingerprint density at radius 3 is 2.61 bits per heavy atom. The maximum atomic E-state index is 13.4. The Morgan fingerprint density at radius 2 is 1.89 bits per heavy atom. The molecule has 0 unspecified atom stereocenters. The van der Waals surface area contributed by atoms with Crippen molar-refractivity contribution in [1.82, 2.24) is 0 Å².